The lowest BCUT2D eigenvalue weighted by Crippen LogP contribution is -2.48. The Labute approximate surface area is 179 Å². The summed E-state index contributed by atoms with van der Waals surface area (Å²) in [6.07, 6.45) is 1.13. The smallest absolute Gasteiger partial charge is 0.243 e. The van der Waals surface area contributed by atoms with Crippen molar-refractivity contribution < 1.29 is 13.2 Å². The molecule has 0 aliphatic carbocycles. The van der Waals surface area contributed by atoms with Gasteiger partial charge < -0.3 is 4.90 Å². The van der Waals surface area contributed by atoms with Gasteiger partial charge in [0.05, 0.1) is 4.90 Å². The van der Waals surface area contributed by atoms with E-state index in [1.165, 1.54) is 5.56 Å². The standard InChI is InChI=1S/C23H29N3O3S/c1-3-23(27)26-18(2)15-20-16-21(9-10-22(20)26)30(28,29)25-13-11-24(12-14-25)17-19-7-5-4-6-8-19/h4-10,16,18H,3,11-15,17H2,1-2H3/t18-/m1/s1. The molecule has 0 bridgehead atoms. The van der Waals surface area contributed by atoms with Crippen LogP contribution in [0.1, 0.15) is 31.4 Å². The average molecular weight is 428 g/mol. The Morgan fingerprint density at radius 1 is 1.03 bits per heavy atom. The second-order valence-corrected chi connectivity index (χ2v) is 10.1. The van der Waals surface area contributed by atoms with Crippen molar-refractivity contribution in [1.29, 1.82) is 0 Å². The van der Waals surface area contributed by atoms with Gasteiger partial charge in [0.1, 0.15) is 0 Å². The fourth-order valence-corrected chi connectivity index (χ4v) is 5.91. The molecule has 0 unspecified atom stereocenters. The third kappa shape index (κ3) is 4.02. The van der Waals surface area contributed by atoms with Crippen molar-refractivity contribution >= 4 is 21.6 Å². The summed E-state index contributed by atoms with van der Waals surface area (Å²) in [7, 11) is -3.54. The highest BCUT2D eigenvalue weighted by Crippen LogP contribution is 2.35. The van der Waals surface area contributed by atoms with Gasteiger partial charge in [-0.15, -0.1) is 0 Å². The number of sulfonamides is 1. The van der Waals surface area contributed by atoms with Gasteiger partial charge in [-0.25, -0.2) is 8.42 Å². The predicted octanol–water partition coefficient (Wildman–Crippen LogP) is 2.88. The van der Waals surface area contributed by atoms with E-state index >= 15 is 0 Å². The second kappa shape index (κ2) is 8.49. The van der Waals surface area contributed by atoms with Gasteiger partial charge >= 0.3 is 0 Å². The number of piperazine rings is 1. The van der Waals surface area contributed by atoms with Crippen LogP contribution in [0.15, 0.2) is 53.4 Å². The summed E-state index contributed by atoms with van der Waals surface area (Å²) in [5.41, 5.74) is 3.03. The molecule has 4 rings (SSSR count). The minimum Gasteiger partial charge on any atom is -0.309 e. The number of rotatable bonds is 5. The molecule has 7 heteroatoms. The molecule has 0 saturated carbocycles. The number of fused-ring (bicyclic) bond motifs is 1. The summed E-state index contributed by atoms with van der Waals surface area (Å²) in [5.74, 6) is 0.0754. The molecule has 1 saturated heterocycles. The molecule has 2 aromatic rings. The van der Waals surface area contributed by atoms with E-state index in [9.17, 15) is 13.2 Å². The fourth-order valence-electron chi connectivity index (χ4n) is 4.44. The molecule has 2 aliphatic rings. The Morgan fingerprint density at radius 2 is 1.73 bits per heavy atom. The molecular weight excluding hydrogens is 398 g/mol. The highest BCUT2D eigenvalue weighted by molar-refractivity contribution is 7.89. The summed E-state index contributed by atoms with van der Waals surface area (Å²) < 4.78 is 28.1. The molecule has 1 fully saturated rings. The Bertz CT molecular complexity index is 1020. The molecule has 0 N–H and O–H groups in total. The van der Waals surface area contributed by atoms with Crippen LogP contribution < -0.4 is 4.90 Å². The van der Waals surface area contributed by atoms with Gasteiger partial charge in [-0.3, -0.25) is 9.69 Å². The van der Waals surface area contributed by atoms with Gasteiger partial charge in [0, 0.05) is 50.9 Å². The number of carbonyl (C=O) groups excluding carboxylic acids is 1. The van der Waals surface area contributed by atoms with E-state index in [2.05, 4.69) is 17.0 Å². The zero-order chi connectivity index (χ0) is 21.3. The van der Waals surface area contributed by atoms with Crippen LogP contribution in [0, 0.1) is 0 Å². The van der Waals surface area contributed by atoms with Crippen LogP contribution in [0.3, 0.4) is 0 Å². The van der Waals surface area contributed by atoms with E-state index in [1.54, 1.807) is 27.4 Å². The summed E-state index contributed by atoms with van der Waals surface area (Å²) in [6.45, 7) is 7.11. The minimum atomic E-state index is -3.54. The van der Waals surface area contributed by atoms with E-state index in [1.807, 2.05) is 32.0 Å². The molecule has 2 aliphatic heterocycles. The first-order valence-corrected chi connectivity index (χ1v) is 12.1. The molecule has 30 heavy (non-hydrogen) atoms. The number of carbonyl (C=O) groups is 1. The topological polar surface area (TPSA) is 60.9 Å². The van der Waals surface area contributed by atoms with Gasteiger partial charge in [-0.2, -0.15) is 4.31 Å². The molecular formula is C23H29N3O3S. The Hall–Kier alpha value is -2.22. The quantitative estimate of drug-likeness (QED) is 0.736. The van der Waals surface area contributed by atoms with E-state index in [0.29, 0.717) is 30.8 Å². The number of hydrogen-bond acceptors (Lipinski definition) is 4. The lowest BCUT2D eigenvalue weighted by molar-refractivity contribution is -0.118. The predicted molar refractivity (Wildman–Crippen MR) is 118 cm³/mol. The van der Waals surface area contributed by atoms with Crippen LogP contribution in [0.2, 0.25) is 0 Å². The monoisotopic (exact) mass is 427 g/mol. The van der Waals surface area contributed by atoms with Crippen LogP contribution in [0.25, 0.3) is 0 Å². The number of amides is 1. The van der Waals surface area contributed by atoms with E-state index in [4.69, 9.17) is 0 Å². The molecule has 0 radical (unpaired) electrons. The van der Waals surface area contributed by atoms with Crippen LogP contribution >= 0.6 is 0 Å². The van der Waals surface area contributed by atoms with Crippen molar-refractivity contribution in [3.8, 4) is 0 Å². The summed E-state index contributed by atoms with van der Waals surface area (Å²) >= 11 is 0. The Kier molecular flexibility index (Phi) is 5.95. The minimum absolute atomic E-state index is 0.0620. The molecule has 1 atom stereocenters. The molecule has 1 amide bonds. The largest absolute Gasteiger partial charge is 0.309 e. The Balaban J connectivity index is 1.46. The van der Waals surface area contributed by atoms with E-state index < -0.39 is 10.0 Å². The van der Waals surface area contributed by atoms with Crippen molar-refractivity contribution in [3.05, 3.63) is 59.7 Å². The van der Waals surface area contributed by atoms with Gasteiger partial charge in [-0.1, -0.05) is 37.3 Å². The van der Waals surface area contributed by atoms with Crippen LogP contribution in [-0.4, -0.2) is 55.8 Å². The number of hydrogen-bond donors (Lipinski definition) is 0. The average Bonchev–Trinajstić information content (AvgIpc) is 3.09. The van der Waals surface area contributed by atoms with Crippen LogP contribution in [-0.2, 0) is 27.8 Å². The maximum atomic E-state index is 13.2. The highest BCUT2D eigenvalue weighted by atomic mass is 32.2. The van der Waals surface area contributed by atoms with Crippen molar-refractivity contribution in [1.82, 2.24) is 9.21 Å². The van der Waals surface area contributed by atoms with Crippen LogP contribution in [0.4, 0.5) is 5.69 Å². The first kappa shape index (κ1) is 21.0. The van der Waals surface area contributed by atoms with Crippen molar-refractivity contribution in [2.75, 3.05) is 31.1 Å². The van der Waals surface area contributed by atoms with E-state index in [-0.39, 0.29) is 11.9 Å². The number of nitrogens with zero attached hydrogens (tertiary/aromatic N) is 3. The molecule has 0 spiro atoms. The van der Waals surface area contributed by atoms with Crippen molar-refractivity contribution in [2.45, 2.75) is 44.2 Å². The zero-order valence-corrected chi connectivity index (χ0v) is 18.4. The first-order valence-electron chi connectivity index (χ1n) is 10.6. The lowest BCUT2D eigenvalue weighted by atomic mass is 10.1. The molecule has 2 heterocycles. The SMILES string of the molecule is CCC(=O)N1c2ccc(S(=O)(=O)N3CCN(Cc4ccccc4)CC3)cc2C[C@H]1C. The molecule has 6 nitrogen and oxygen atoms in total. The summed E-state index contributed by atoms with van der Waals surface area (Å²) in [6, 6.07) is 15.5. The van der Waals surface area contributed by atoms with E-state index in [0.717, 1.165) is 30.9 Å². The van der Waals surface area contributed by atoms with Crippen molar-refractivity contribution in [2.24, 2.45) is 0 Å². The summed E-state index contributed by atoms with van der Waals surface area (Å²) in [4.78, 5) is 16.7. The first-order chi connectivity index (χ1) is 14.4. The highest BCUT2D eigenvalue weighted by Gasteiger charge is 2.33. The zero-order valence-electron chi connectivity index (χ0n) is 17.6. The Morgan fingerprint density at radius 3 is 2.40 bits per heavy atom. The second-order valence-electron chi connectivity index (χ2n) is 8.13. The normalized spacial score (nSPS) is 20.3. The molecule has 2 aromatic carbocycles. The lowest BCUT2D eigenvalue weighted by Gasteiger charge is -2.34. The number of anilines is 1. The molecule has 160 valence electrons. The number of benzene rings is 2. The van der Waals surface area contributed by atoms with Crippen molar-refractivity contribution in [3.63, 3.8) is 0 Å². The summed E-state index contributed by atoms with van der Waals surface area (Å²) in [5, 5.41) is 0. The molecule has 0 aromatic heterocycles. The maximum Gasteiger partial charge on any atom is 0.243 e. The van der Waals surface area contributed by atoms with Crippen LogP contribution in [0.5, 0.6) is 0 Å². The van der Waals surface area contributed by atoms with Gasteiger partial charge in [0.25, 0.3) is 0 Å². The maximum absolute atomic E-state index is 13.2. The third-order valence-electron chi connectivity index (χ3n) is 6.06. The third-order valence-corrected chi connectivity index (χ3v) is 7.95. The fraction of sp³-hybridized carbons (Fsp3) is 0.435. The van der Waals surface area contributed by atoms with Gasteiger partial charge in [-0.05, 0) is 42.7 Å². The van der Waals surface area contributed by atoms with Gasteiger partial charge in [0.15, 0.2) is 0 Å². The van der Waals surface area contributed by atoms with Gasteiger partial charge in [0.2, 0.25) is 15.9 Å².